The van der Waals surface area contributed by atoms with Crippen molar-refractivity contribution in [1.82, 2.24) is 0 Å². The molecule has 0 nitrogen and oxygen atoms in total. The molecule has 0 N–H and O–H groups in total. The van der Waals surface area contributed by atoms with Crippen molar-refractivity contribution >= 4 is 0 Å². The molecule has 0 bridgehead atoms. The Hall–Kier alpha value is 0. The monoisotopic (exact) mass is 294 g/mol. The fourth-order valence-corrected chi connectivity index (χ4v) is 3.59. The van der Waals surface area contributed by atoms with Gasteiger partial charge in [0, 0.05) is 0 Å². The van der Waals surface area contributed by atoms with E-state index in [1.165, 1.54) is 103 Å². The van der Waals surface area contributed by atoms with E-state index in [9.17, 15) is 0 Å². The molecule has 1 aliphatic carbocycles. The summed E-state index contributed by atoms with van der Waals surface area (Å²) in [5.74, 6) is 2.20. The Morgan fingerprint density at radius 2 is 1.14 bits per heavy atom. The van der Waals surface area contributed by atoms with E-state index in [4.69, 9.17) is 0 Å². The van der Waals surface area contributed by atoms with Gasteiger partial charge in [-0.15, -0.1) is 0 Å². The molecule has 0 aliphatic heterocycles. The SMILES string of the molecule is CCCCCCCCCCC(CCCC)CCCC1CC1. The lowest BCUT2D eigenvalue weighted by molar-refractivity contribution is 0.370. The summed E-state index contributed by atoms with van der Waals surface area (Å²) >= 11 is 0. The predicted molar refractivity (Wildman–Crippen MR) is 96.8 cm³/mol. The minimum absolute atomic E-state index is 1.06. The number of rotatable bonds is 16. The maximum absolute atomic E-state index is 2.34. The number of hydrogen-bond donors (Lipinski definition) is 0. The van der Waals surface area contributed by atoms with E-state index in [1.807, 2.05) is 0 Å². The molecule has 0 spiro atoms. The fraction of sp³-hybridized carbons (Fsp3) is 1.00. The Kier molecular flexibility index (Phi) is 12.4. The molecule has 21 heavy (non-hydrogen) atoms. The Morgan fingerprint density at radius 3 is 1.76 bits per heavy atom. The van der Waals surface area contributed by atoms with Crippen LogP contribution in [0.5, 0.6) is 0 Å². The summed E-state index contributed by atoms with van der Waals surface area (Å²) in [6.07, 6.45) is 25.3. The minimum Gasteiger partial charge on any atom is -0.0654 e. The van der Waals surface area contributed by atoms with Crippen molar-refractivity contribution in [3.8, 4) is 0 Å². The molecule has 0 aromatic rings. The zero-order valence-electron chi connectivity index (χ0n) is 15.2. The van der Waals surface area contributed by atoms with E-state index in [-0.39, 0.29) is 0 Å². The van der Waals surface area contributed by atoms with Crippen molar-refractivity contribution in [3.63, 3.8) is 0 Å². The van der Waals surface area contributed by atoms with Crippen LogP contribution in [0.2, 0.25) is 0 Å². The standard InChI is InChI=1S/C21H42/c1-3-5-7-8-9-10-11-12-15-20(14-6-4-2)16-13-17-21-18-19-21/h20-21H,3-19H2,1-2H3. The summed E-state index contributed by atoms with van der Waals surface area (Å²) in [5.41, 5.74) is 0. The Bertz CT molecular complexity index is 204. The molecule has 0 aromatic carbocycles. The third-order valence-corrected chi connectivity index (χ3v) is 5.35. The molecular weight excluding hydrogens is 252 g/mol. The molecule has 0 aromatic heterocycles. The van der Waals surface area contributed by atoms with Gasteiger partial charge in [0.25, 0.3) is 0 Å². The molecule has 1 saturated carbocycles. The number of unbranched alkanes of at least 4 members (excludes halogenated alkanes) is 8. The van der Waals surface area contributed by atoms with Gasteiger partial charge in [0.05, 0.1) is 0 Å². The summed E-state index contributed by atoms with van der Waals surface area (Å²) in [6.45, 7) is 4.65. The first-order valence-corrected chi connectivity index (χ1v) is 10.4. The van der Waals surface area contributed by atoms with Crippen molar-refractivity contribution < 1.29 is 0 Å². The Balaban J connectivity index is 1.94. The van der Waals surface area contributed by atoms with Gasteiger partial charge in [0.15, 0.2) is 0 Å². The molecule has 126 valence electrons. The Morgan fingerprint density at radius 1 is 0.619 bits per heavy atom. The van der Waals surface area contributed by atoms with Gasteiger partial charge in [-0.1, -0.05) is 123 Å². The van der Waals surface area contributed by atoms with Gasteiger partial charge in [-0.05, 0) is 11.8 Å². The van der Waals surface area contributed by atoms with Crippen LogP contribution < -0.4 is 0 Å². The summed E-state index contributed by atoms with van der Waals surface area (Å²) in [6, 6.07) is 0. The highest BCUT2D eigenvalue weighted by Gasteiger charge is 2.20. The van der Waals surface area contributed by atoms with Crippen LogP contribution in [0.3, 0.4) is 0 Å². The molecule has 0 amide bonds. The molecular formula is C21H42. The van der Waals surface area contributed by atoms with Crippen LogP contribution in [0.25, 0.3) is 0 Å². The van der Waals surface area contributed by atoms with Crippen molar-refractivity contribution in [2.24, 2.45) is 11.8 Å². The second-order valence-electron chi connectivity index (χ2n) is 7.65. The molecule has 0 radical (unpaired) electrons. The zero-order chi connectivity index (χ0) is 15.2. The van der Waals surface area contributed by atoms with Crippen molar-refractivity contribution in [2.75, 3.05) is 0 Å². The van der Waals surface area contributed by atoms with Gasteiger partial charge in [0.2, 0.25) is 0 Å². The zero-order valence-corrected chi connectivity index (χ0v) is 15.2. The van der Waals surface area contributed by atoms with Gasteiger partial charge in [0.1, 0.15) is 0 Å². The molecule has 0 heteroatoms. The maximum Gasteiger partial charge on any atom is -0.0414 e. The quantitative estimate of drug-likeness (QED) is 0.254. The van der Waals surface area contributed by atoms with Crippen LogP contribution in [0.15, 0.2) is 0 Å². The predicted octanol–water partition coefficient (Wildman–Crippen LogP) is 7.90. The van der Waals surface area contributed by atoms with E-state index >= 15 is 0 Å². The normalized spacial score (nSPS) is 16.3. The number of hydrogen-bond acceptors (Lipinski definition) is 0. The Labute approximate surface area is 135 Å². The van der Waals surface area contributed by atoms with Gasteiger partial charge < -0.3 is 0 Å². The first-order chi connectivity index (χ1) is 10.4. The average Bonchev–Trinajstić information content (AvgIpc) is 3.31. The summed E-state index contributed by atoms with van der Waals surface area (Å²) in [4.78, 5) is 0. The molecule has 1 aliphatic rings. The van der Waals surface area contributed by atoms with Crippen LogP contribution in [0.4, 0.5) is 0 Å². The van der Waals surface area contributed by atoms with E-state index in [0.717, 1.165) is 11.8 Å². The highest BCUT2D eigenvalue weighted by atomic mass is 14.3. The molecule has 1 unspecified atom stereocenters. The third kappa shape index (κ3) is 12.2. The molecule has 1 fully saturated rings. The lowest BCUT2D eigenvalue weighted by Gasteiger charge is -2.16. The third-order valence-electron chi connectivity index (χ3n) is 5.35. The molecule has 1 atom stereocenters. The topological polar surface area (TPSA) is 0 Å². The lowest BCUT2D eigenvalue weighted by atomic mass is 9.90. The fourth-order valence-electron chi connectivity index (χ4n) is 3.59. The van der Waals surface area contributed by atoms with Gasteiger partial charge in [-0.25, -0.2) is 0 Å². The van der Waals surface area contributed by atoms with Crippen LogP contribution in [-0.2, 0) is 0 Å². The van der Waals surface area contributed by atoms with Gasteiger partial charge >= 0.3 is 0 Å². The molecule has 1 rings (SSSR count). The minimum atomic E-state index is 1.06. The average molecular weight is 295 g/mol. The second-order valence-corrected chi connectivity index (χ2v) is 7.65. The van der Waals surface area contributed by atoms with E-state index < -0.39 is 0 Å². The largest absolute Gasteiger partial charge is 0.0654 e. The summed E-state index contributed by atoms with van der Waals surface area (Å²) in [5, 5.41) is 0. The van der Waals surface area contributed by atoms with Crippen molar-refractivity contribution in [3.05, 3.63) is 0 Å². The summed E-state index contributed by atoms with van der Waals surface area (Å²) in [7, 11) is 0. The summed E-state index contributed by atoms with van der Waals surface area (Å²) < 4.78 is 0. The highest BCUT2D eigenvalue weighted by molar-refractivity contribution is 4.73. The van der Waals surface area contributed by atoms with E-state index in [0.29, 0.717) is 0 Å². The molecule has 0 saturated heterocycles. The van der Waals surface area contributed by atoms with Gasteiger partial charge in [-0.2, -0.15) is 0 Å². The smallest absolute Gasteiger partial charge is 0.0414 e. The van der Waals surface area contributed by atoms with Crippen LogP contribution in [-0.4, -0.2) is 0 Å². The first-order valence-electron chi connectivity index (χ1n) is 10.4. The van der Waals surface area contributed by atoms with Crippen LogP contribution in [0, 0.1) is 11.8 Å². The second kappa shape index (κ2) is 13.6. The van der Waals surface area contributed by atoms with Crippen LogP contribution in [0.1, 0.15) is 123 Å². The van der Waals surface area contributed by atoms with Crippen molar-refractivity contribution in [1.29, 1.82) is 0 Å². The van der Waals surface area contributed by atoms with Crippen LogP contribution >= 0.6 is 0 Å². The van der Waals surface area contributed by atoms with Crippen molar-refractivity contribution in [2.45, 2.75) is 123 Å². The maximum atomic E-state index is 2.34. The van der Waals surface area contributed by atoms with E-state index in [1.54, 1.807) is 6.42 Å². The van der Waals surface area contributed by atoms with Gasteiger partial charge in [-0.3, -0.25) is 0 Å². The van der Waals surface area contributed by atoms with E-state index in [2.05, 4.69) is 13.8 Å². The highest BCUT2D eigenvalue weighted by Crippen LogP contribution is 2.35. The molecule has 0 heterocycles. The lowest BCUT2D eigenvalue weighted by Crippen LogP contribution is -2.01. The first kappa shape index (κ1) is 19.0.